The maximum absolute atomic E-state index is 12.5. The Bertz CT molecular complexity index is 248. The number of nitrogens with zero attached hydrogens (tertiary/aromatic N) is 1. The second-order valence-corrected chi connectivity index (χ2v) is 6.29. The molecule has 2 fully saturated rings. The van der Waals surface area contributed by atoms with Crippen LogP contribution in [0.2, 0.25) is 0 Å². The van der Waals surface area contributed by atoms with Crippen molar-refractivity contribution in [1.29, 1.82) is 0 Å². The highest BCUT2D eigenvalue weighted by Gasteiger charge is 2.30. The van der Waals surface area contributed by atoms with Gasteiger partial charge >= 0.3 is 0 Å². The number of likely N-dealkylation sites (N-methyl/N-ethyl adjacent to an activating group) is 1. The molecule has 2 unspecified atom stereocenters. The Balaban J connectivity index is 1.93. The van der Waals surface area contributed by atoms with Crippen molar-refractivity contribution in [1.82, 2.24) is 10.2 Å². The van der Waals surface area contributed by atoms with Crippen LogP contribution >= 0.6 is 11.8 Å². The minimum Gasteiger partial charge on any atom is -0.338 e. The van der Waals surface area contributed by atoms with Gasteiger partial charge in [-0.15, -0.1) is 11.8 Å². The summed E-state index contributed by atoms with van der Waals surface area (Å²) in [7, 11) is 0. The Hall–Kier alpha value is -0.220. The van der Waals surface area contributed by atoms with E-state index in [0.717, 1.165) is 31.8 Å². The van der Waals surface area contributed by atoms with E-state index >= 15 is 0 Å². The molecule has 0 aliphatic carbocycles. The fraction of sp³-hybridized carbons (Fsp3) is 0.923. The molecule has 0 radical (unpaired) electrons. The molecule has 0 aromatic heterocycles. The number of hydrogen-bond donors (Lipinski definition) is 1. The molecule has 2 rings (SSSR count). The van der Waals surface area contributed by atoms with Gasteiger partial charge in [0.1, 0.15) is 0 Å². The summed E-state index contributed by atoms with van der Waals surface area (Å²) in [5.41, 5.74) is 0. The molecule has 2 aliphatic rings. The molecule has 0 spiro atoms. The largest absolute Gasteiger partial charge is 0.338 e. The molecule has 17 heavy (non-hydrogen) atoms. The number of hydrogen-bond acceptors (Lipinski definition) is 3. The molecule has 1 N–H and O–H groups in total. The van der Waals surface area contributed by atoms with Crippen LogP contribution in [0.25, 0.3) is 0 Å². The number of rotatable bonds is 3. The predicted octanol–water partition coefficient (Wildman–Crippen LogP) is 1.87. The average Bonchev–Trinajstić information content (AvgIpc) is 2.42. The number of carbonyl (C=O) groups excluding carboxylic acids is 1. The van der Waals surface area contributed by atoms with Crippen molar-refractivity contribution in [2.45, 2.75) is 50.3 Å². The van der Waals surface area contributed by atoms with Crippen molar-refractivity contribution in [3.63, 3.8) is 0 Å². The van der Waals surface area contributed by atoms with Crippen molar-refractivity contribution < 1.29 is 4.79 Å². The van der Waals surface area contributed by atoms with E-state index in [9.17, 15) is 4.79 Å². The quantitative estimate of drug-likeness (QED) is 0.837. The van der Waals surface area contributed by atoms with E-state index in [1.165, 1.54) is 25.7 Å². The lowest BCUT2D eigenvalue weighted by Crippen LogP contribution is -2.51. The molecule has 2 aliphatic heterocycles. The van der Waals surface area contributed by atoms with Crippen LogP contribution < -0.4 is 5.32 Å². The zero-order chi connectivity index (χ0) is 12.1. The fourth-order valence-electron chi connectivity index (χ4n) is 2.81. The van der Waals surface area contributed by atoms with Crippen LogP contribution in [0.4, 0.5) is 0 Å². The molecule has 98 valence electrons. The summed E-state index contributed by atoms with van der Waals surface area (Å²) in [4.78, 5) is 14.6. The van der Waals surface area contributed by atoms with E-state index in [2.05, 4.69) is 17.1 Å². The first-order valence-corrected chi connectivity index (χ1v) is 8.00. The Kier molecular flexibility index (Phi) is 5.16. The third-order valence-electron chi connectivity index (χ3n) is 3.79. The van der Waals surface area contributed by atoms with Gasteiger partial charge in [-0.05, 0) is 44.9 Å². The molecule has 0 aromatic carbocycles. The SMILES string of the molecule is CCN(C(=O)C1CCCCS1)C1CCCNC1. The molecular weight excluding hydrogens is 232 g/mol. The normalized spacial score (nSPS) is 29.9. The highest BCUT2D eigenvalue weighted by molar-refractivity contribution is 8.00. The lowest BCUT2D eigenvalue weighted by atomic mass is 10.0. The standard InChI is InChI=1S/C13H24N2OS/c1-2-15(11-6-5-8-14-10-11)13(16)12-7-3-4-9-17-12/h11-12,14H,2-10H2,1H3. The number of amides is 1. The molecular formula is C13H24N2OS. The zero-order valence-electron chi connectivity index (χ0n) is 10.8. The first-order chi connectivity index (χ1) is 8.33. The van der Waals surface area contributed by atoms with Gasteiger partial charge in [0.15, 0.2) is 0 Å². The van der Waals surface area contributed by atoms with Crippen LogP contribution in [0.15, 0.2) is 0 Å². The fourth-order valence-corrected chi connectivity index (χ4v) is 4.08. The molecule has 2 atom stereocenters. The van der Waals surface area contributed by atoms with Gasteiger partial charge in [0.2, 0.25) is 5.91 Å². The third-order valence-corrected chi connectivity index (χ3v) is 5.15. The first-order valence-electron chi connectivity index (χ1n) is 6.95. The lowest BCUT2D eigenvalue weighted by molar-refractivity contribution is -0.133. The molecule has 4 heteroatoms. The van der Waals surface area contributed by atoms with E-state index in [-0.39, 0.29) is 5.25 Å². The highest BCUT2D eigenvalue weighted by Crippen LogP contribution is 2.27. The summed E-state index contributed by atoms with van der Waals surface area (Å²) in [5, 5.41) is 3.65. The van der Waals surface area contributed by atoms with Gasteiger partial charge in [0.25, 0.3) is 0 Å². The molecule has 2 saturated heterocycles. The monoisotopic (exact) mass is 256 g/mol. The summed E-state index contributed by atoms with van der Waals surface area (Å²) in [6.07, 6.45) is 5.96. The van der Waals surface area contributed by atoms with Crippen LogP contribution in [0, 0.1) is 0 Å². The summed E-state index contributed by atoms with van der Waals surface area (Å²) in [5.74, 6) is 1.56. The second-order valence-electron chi connectivity index (χ2n) is 4.98. The predicted molar refractivity (Wildman–Crippen MR) is 73.4 cm³/mol. The number of nitrogens with one attached hydrogen (secondary N) is 1. The van der Waals surface area contributed by atoms with Crippen molar-refractivity contribution in [3.05, 3.63) is 0 Å². The molecule has 0 bridgehead atoms. The van der Waals surface area contributed by atoms with E-state index < -0.39 is 0 Å². The van der Waals surface area contributed by atoms with Crippen LogP contribution in [0.1, 0.15) is 39.0 Å². The van der Waals surface area contributed by atoms with E-state index in [1.54, 1.807) is 0 Å². The Labute approximate surface area is 109 Å². The van der Waals surface area contributed by atoms with Crippen molar-refractivity contribution in [2.75, 3.05) is 25.4 Å². The molecule has 3 nitrogen and oxygen atoms in total. The van der Waals surface area contributed by atoms with Crippen molar-refractivity contribution in [3.8, 4) is 0 Å². The number of thioether (sulfide) groups is 1. The molecule has 0 saturated carbocycles. The lowest BCUT2D eigenvalue weighted by Gasteiger charge is -2.36. The van der Waals surface area contributed by atoms with Gasteiger partial charge in [-0.25, -0.2) is 0 Å². The van der Waals surface area contributed by atoms with E-state index in [1.807, 2.05) is 11.8 Å². The minimum absolute atomic E-state index is 0.241. The van der Waals surface area contributed by atoms with Gasteiger partial charge in [0.05, 0.1) is 5.25 Å². The zero-order valence-corrected chi connectivity index (χ0v) is 11.6. The maximum Gasteiger partial charge on any atom is 0.235 e. The van der Waals surface area contributed by atoms with Gasteiger partial charge in [-0.1, -0.05) is 6.42 Å². The first kappa shape index (κ1) is 13.2. The van der Waals surface area contributed by atoms with Gasteiger partial charge in [-0.2, -0.15) is 0 Å². The topological polar surface area (TPSA) is 32.3 Å². The summed E-state index contributed by atoms with van der Waals surface area (Å²) in [6.45, 7) is 5.07. The smallest absolute Gasteiger partial charge is 0.235 e. The van der Waals surface area contributed by atoms with E-state index in [0.29, 0.717) is 11.9 Å². The Morgan fingerprint density at radius 1 is 1.35 bits per heavy atom. The summed E-state index contributed by atoms with van der Waals surface area (Å²) in [6, 6.07) is 0.434. The van der Waals surface area contributed by atoms with Gasteiger partial charge in [0, 0.05) is 19.1 Å². The Morgan fingerprint density at radius 2 is 2.24 bits per heavy atom. The third kappa shape index (κ3) is 3.38. The highest BCUT2D eigenvalue weighted by atomic mass is 32.2. The number of carbonyl (C=O) groups is 1. The molecule has 2 heterocycles. The van der Waals surface area contributed by atoms with Gasteiger partial charge < -0.3 is 10.2 Å². The summed E-state index contributed by atoms with van der Waals surface area (Å²) >= 11 is 1.87. The second kappa shape index (κ2) is 6.64. The van der Waals surface area contributed by atoms with Gasteiger partial charge in [-0.3, -0.25) is 4.79 Å². The molecule has 1 amide bonds. The van der Waals surface area contributed by atoms with Crippen molar-refractivity contribution in [2.24, 2.45) is 0 Å². The van der Waals surface area contributed by atoms with Crippen molar-refractivity contribution >= 4 is 17.7 Å². The number of piperidine rings is 1. The van der Waals surface area contributed by atoms with Crippen LogP contribution in [-0.4, -0.2) is 47.5 Å². The van der Waals surface area contributed by atoms with E-state index in [4.69, 9.17) is 0 Å². The van der Waals surface area contributed by atoms with Crippen LogP contribution in [0.5, 0.6) is 0 Å². The minimum atomic E-state index is 0.241. The van der Waals surface area contributed by atoms with Crippen LogP contribution in [0.3, 0.4) is 0 Å². The maximum atomic E-state index is 12.5. The van der Waals surface area contributed by atoms with Crippen LogP contribution in [-0.2, 0) is 4.79 Å². The average molecular weight is 256 g/mol. The summed E-state index contributed by atoms with van der Waals surface area (Å²) < 4.78 is 0. The molecule has 0 aromatic rings. The Morgan fingerprint density at radius 3 is 2.82 bits per heavy atom.